The Labute approximate surface area is 149 Å². The number of esters is 1. The molecular weight excluding hydrogens is 318 g/mol. The van der Waals surface area contributed by atoms with Gasteiger partial charge < -0.3 is 14.8 Å². The van der Waals surface area contributed by atoms with Gasteiger partial charge in [-0.25, -0.2) is 0 Å². The van der Waals surface area contributed by atoms with Crippen molar-refractivity contribution < 1.29 is 19.1 Å². The Morgan fingerprint density at radius 1 is 1.20 bits per heavy atom. The maximum Gasteiger partial charge on any atom is 0.306 e. The van der Waals surface area contributed by atoms with E-state index in [0.717, 1.165) is 23.7 Å². The minimum absolute atomic E-state index is 0.189. The van der Waals surface area contributed by atoms with Crippen LogP contribution < -0.4 is 10.1 Å². The molecule has 0 aliphatic heterocycles. The van der Waals surface area contributed by atoms with Crippen LogP contribution in [0.2, 0.25) is 0 Å². The number of rotatable bonds is 8. The summed E-state index contributed by atoms with van der Waals surface area (Å²) in [6.07, 6.45) is 6.16. The van der Waals surface area contributed by atoms with Crippen molar-refractivity contribution >= 4 is 11.9 Å². The molecule has 2 bridgehead atoms. The molecule has 1 N–H and O–H groups in total. The molecule has 3 rings (SSSR count). The molecule has 136 valence electrons. The molecule has 25 heavy (non-hydrogen) atoms. The van der Waals surface area contributed by atoms with Crippen molar-refractivity contribution in [2.75, 3.05) is 20.3 Å². The summed E-state index contributed by atoms with van der Waals surface area (Å²) in [7, 11) is 1.63. The van der Waals surface area contributed by atoms with Gasteiger partial charge in [-0.2, -0.15) is 0 Å². The Kier molecular flexibility index (Phi) is 5.95. The van der Waals surface area contributed by atoms with E-state index in [0.29, 0.717) is 31.2 Å². The zero-order valence-electron chi connectivity index (χ0n) is 14.8. The van der Waals surface area contributed by atoms with Gasteiger partial charge in [-0.1, -0.05) is 24.6 Å². The van der Waals surface area contributed by atoms with E-state index in [9.17, 15) is 9.59 Å². The molecule has 0 unspecified atom stereocenters. The number of ether oxygens (including phenoxy) is 2. The smallest absolute Gasteiger partial charge is 0.306 e. The zero-order chi connectivity index (χ0) is 17.6. The van der Waals surface area contributed by atoms with E-state index >= 15 is 0 Å². The Bertz CT molecular complexity index is 615. The highest BCUT2D eigenvalue weighted by atomic mass is 16.5. The Morgan fingerprint density at radius 3 is 2.76 bits per heavy atom. The lowest BCUT2D eigenvalue weighted by atomic mass is 9.86. The summed E-state index contributed by atoms with van der Waals surface area (Å²) >= 11 is 0. The first-order chi connectivity index (χ1) is 12.2. The fourth-order valence-corrected chi connectivity index (χ4v) is 4.34. The molecule has 5 heteroatoms. The molecule has 2 saturated carbocycles. The number of nitrogens with one attached hydrogen (secondary N) is 1. The van der Waals surface area contributed by atoms with Crippen LogP contribution in [0.4, 0.5) is 0 Å². The third-order valence-electron chi connectivity index (χ3n) is 5.59. The normalized spacial score (nSPS) is 24.1. The van der Waals surface area contributed by atoms with E-state index in [4.69, 9.17) is 9.47 Å². The lowest BCUT2D eigenvalue weighted by Gasteiger charge is -2.20. The summed E-state index contributed by atoms with van der Waals surface area (Å²) in [4.78, 5) is 23.8. The minimum Gasteiger partial charge on any atom is -0.496 e. The Morgan fingerprint density at radius 2 is 2.04 bits per heavy atom. The fourth-order valence-electron chi connectivity index (χ4n) is 4.34. The fraction of sp³-hybridized carbons (Fsp3) is 0.600. The van der Waals surface area contributed by atoms with Gasteiger partial charge in [0.1, 0.15) is 5.75 Å². The topological polar surface area (TPSA) is 64.6 Å². The summed E-state index contributed by atoms with van der Waals surface area (Å²) in [5.41, 5.74) is 1.04. The van der Waals surface area contributed by atoms with Crippen LogP contribution in [0, 0.1) is 17.8 Å². The summed E-state index contributed by atoms with van der Waals surface area (Å²) in [5, 5.41) is 2.79. The largest absolute Gasteiger partial charge is 0.496 e. The molecular formula is C20H27NO4. The van der Waals surface area contributed by atoms with E-state index in [1.807, 2.05) is 24.3 Å². The molecule has 2 fully saturated rings. The van der Waals surface area contributed by atoms with Crippen molar-refractivity contribution in [3.05, 3.63) is 29.8 Å². The van der Waals surface area contributed by atoms with Crippen LogP contribution in [-0.4, -0.2) is 32.1 Å². The standard InChI is InChI=1S/C20H27NO4/c1-24-18-5-3-2-4-15(18)8-9-21-19(22)13-25-20(23)12-17-11-14-6-7-16(17)10-14/h2-5,14,16-17H,6-13H2,1H3,(H,21,22)/t14-,16+,17+/m0/s1. The first kappa shape index (κ1) is 17.8. The maximum absolute atomic E-state index is 11.9. The molecule has 2 aliphatic carbocycles. The molecule has 1 aromatic carbocycles. The van der Waals surface area contributed by atoms with Gasteiger partial charge in [-0.3, -0.25) is 9.59 Å². The number of carbonyl (C=O) groups excluding carboxylic acids is 2. The predicted octanol–water partition coefficient (Wildman–Crippen LogP) is 2.72. The van der Waals surface area contributed by atoms with Gasteiger partial charge >= 0.3 is 5.97 Å². The van der Waals surface area contributed by atoms with Crippen LogP contribution >= 0.6 is 0 Å². The highest BCUT2D eigenvalue weighted by Gasteiger charge is 2.40. The molecule has 3 atom stereocenters. The number of methoxy groups -OCH3 is 1. The SMILES string of the molecule is COc1ccccc1CCNC(=O)COC(=O)C[C@H]1C[C@H]2CC[C@@H]1C2. The van der Waals surface area contributed by atoms with E-state index in [1.54, 1.807) is 7.11 Å². The van der Waals surface area contributed by atoms with Crippen LogP contribution in [0.1, 0.15) is 37.7 Å². The zero-order valence-corrected chi connectivity index (χ0v) is 14.8. The van der Waals surface area contributed by atoms with Crippen molar-refractivity contribution in [2.45, 2.75) is 38.5 Å². The van der Waals surface area contributed by atoms with Crippen LogP contribution in [0.25, 0.3) is 0 Å². The molecule has 1 aromatic rings. The van der Waals surface area contributed by atoms with E-state index < -0.39 is 0 Å². The highest BCUT2D eigenvalue weighted by Crippen LogP contribution is 2.49. The first-order valence-electron chi connectivity index (χ1n) is 9.20. The van der Waals surface area contributed by atoms with Gasteiger partial charge in [0, 0.05) is 13.0 Å². The monoisotopic (exact) mass is 345 g/mol. The predicted molar refractivity (Wildman–Crippen MR) is 94.2 cm³/mol. The van der Waals surface area contributed by atoms with Crippen LogP contribution in [-0.2, 0) is 20.7 Å². The molecule has 5 nitrogen and oxygen atoms in total. The van der Waals surface area contributed by atoms with Crippen molar-refractivity contribution in [1.29, 1.82) is 0 Å². The third kappa shape index (κ3) is 4.74. The van der Waals surface area contributed by atoms with Crippen molar-refractivity contribution in [1.82, 2.24) is 5.32 Å². The van der Waals surface area contributed by atoms with Crippen LogP contribution in [0.15, 0.2) is 24.3 Å². The summed E-state index contributed by atoms with van der Waals surface area (Å²) in [6, 6.07) is 7.72. The summed E-state index contributed by atoms with van der Waals surface area (Å²) in [5.74, 6) is 2.32. The van der Waals surface area contributed by atoms with Gasteiger partial charge in [-0.15, -0.1) is 0 Å². The van der Waals surface area contributed by atoms with Crippen molar-refractivity contribution in [3.63, 3.8) is 0 Å². The van der Waals surface area contributed by atoms with Crippen molar-refractivity contribution in [2.24, 2.45) is 17.8 Å². The van der Waals surface area contributed by atoms with Gasteiger partial charge in [0.2, 0.25) is 0 Å². The number of para-hydroxylation sites is 1. The second kappa shape index (κ2) is 8.37. The summed E-state index contributed by atoms with van der Waals surface area (Å²) in [6.45, 7) is 0.300. The molecule has 2 aliphatic rings. The average molecular weight is 345 g/mol. The second-order valence-electron chi connectivity index (χ2n) is 7.21. The Hall–Kier alpha value is -2.04. The molecule has 0 saturated heterocycles. The van der Waals surface area contributed by atoms with Crippen LogP contribution in [0.5, 0.6) is 5.75 Å². The quantitative estimate of drug-likeness (QED) is 0.736. The summed E-state index contributed by atoms with van der Waals surface area (Å²) < 4.78 is 10.4. The minimum atomic E-state index is -0.254. The molecule has 1 amide bonds. The number of carbonyl (C=O) groups is 2. The molecule has 0 heterocycles. The van der Waals surface area contributed by atoms with Gasteiger partial charge in [0.15, 0.2) is 6.61 Å². The van der Waals surface area contributed by atoms with Crippen molar-refractivity contribution in [3.8, 4) is 5.75 Å². The van der Waals surface area contributed by atoms with E-state index in [1.165, 1.54) is 19.3 Å². The average Bonchev–Trinajstić information content (AvgIpc) is 3.23. The number of hydrogen-bond donors (Lipinski definition) is 1. The lowest BCUT2D eigenvalue weighted by molar-refractivity contribution is -0.149. The molecule has 0 spiro atoms. The Balaban J connectivity index is 1.32. The molecule has 0 radical (unpaired) electrons. The maximum atomic E-state index is 11.9. The number of hydrogen-bond acceptors (Lipinski definition) is 4. The van der Waals surface area contributed by atoms with Gasteiger partial charge in [0.25, 0.3) is 5.91 Å². The van der Waals surface area contributed by atoms with Crippen LogP contribution in [0.3, 0.4) is 0 Å². The number of benzene rings is 1. The number of fused-ring (bicyclic) bond motifs is 2. The van der Waals surface area contributed by atoms with E-state index in [2.05, 4.69) is 5.32 Å². The van der Waals surface area contributed by atoms with Gasteiger partial charge in [0.05, 0.1) is 7.11 Å². The second-order valence-corrected chi connectivity index (χ2v) is 7.21. The highest BCUT2D eigenvalue weighted by molar-refractivity contribution is 5.80. The molecule has 0 aromatic heterocycles. The lowest BCUT2D eigenvalue weighted by Crippen LogP contribution is -2.31. The first-order valence-corrected chi connectivity index (χ1v) is 9.20. The van der Waals surface area contributed by atoms with E-state index in [-0.39, 0.29) is 18.5 Å². The third-order valence-corrected chi connectivity index (χ3v) is 5.59. The number of amides is 1. The van der Waals surface area contributed by atoms with Gasteiger partial charge in [-0.05, 0) is 55.1 Å².